The molecule has 0 saturated heterocycles. The van der Waals surface area contributed by atoms with Gasteiger partial charge in [0, 0.05) is 35.9 Å². The van der Waals surface area contributed by atoms with Crippen molar-refractivity contribution in [3.63, 3.8) is 0 Å². The van der Waals surface area contributed by atoms with E-state index in [-0.39, 0.29) is 0 Å². The van der Waals surface area contributed by atoms with Crippen molar-refractivity contribution in [3.8, 4) is 0 Å². The van der Waals surface area contributed by atoms with Gasteiger partial charge >= 0.3 is 0 Å². The maximum absolute atomic E-state index is 4.75. The molecule has 4 aromatic heterocycles. The van der Waals surface area contributed by atoms with Gasteiger partial charge in [0.05, 0.1) is 5.52 Å². The van der Waals surface area contributed by atoms with E-state index in [2.05, 4.69) is 32.8 Å². The molecule has 1 N–H and O–H groups in total. The van der Waals surface area contributed by atoms with E-state index in [1.54, 1.807) is 6.20 Å². The summed E-state index contributed by atoms with van der Waals surface area (Å²) in [7, 11) is 2.03. The molecule has 0 bridgehead atoms. The van der Waals surface area contributed by atoms with Crippen molar-refractivity contribution in [2.24, 2.45) is 7.05 Å². The van der Waals surface area contributed by atoms with E-state index in [0.717, 1.165) is 45.7 Å². The second kappa shape index (κ2) is 5.35. The van der Waals surface area contributed by atoms with Gasteiger partial charge in [-0.1, -0.05) is 13.0 Å². The molecule has 0 radical (unpaired) electrons. The molecule has 0 aliphatic rings. The second-order valence-corrected chi connectivity index (χ2v) is 5.51. The number of aromatic nitrogens is 4. The summed E-state index contributed by atoms with van der Waals surface area (Å²) in [6, 6.07) is 12.1. The molecule has 0 saturated carbocycles. The van der Waals surface area contributed by atoms with Crippen molar-refractivity contribution in [3.05, 3.63) is 54.5 Å². The first-order valence-electron chi connectivity index (χ1n) is 7.68. The molecule has 4 aromatic rings. The molecule has 23 heavy (non-hydrogen) atoms. The third-order valence-corrected chi connectivity index (χ3v) is 4.07. The summed E-state index contributed by atoms with van der Waals surface area (Å²) in [5, 5.41) is 5.52. The third-order valence-electron chi connectivity index (χ3n) is 4.07. The Kier molecular flexibility index (Phi) is 3.19. The topological polar surface area (TPSA) is 55.6 Å². The van der Waals surface area contributed by atoms with Gasteiger partial charge < -0.3 is 9.88 Å². The molecule has 0 aliphatic heterocycles. The number of anilines is 2. The Labute approximate surface area is 134 Å². The fourth-order valence-corrected chi connectivity index (χ4v) is 2.86. The van der Waals surface area contributed by atoms with Crippen LogP contribution in [0, 0.1) is 0 Å². The van der Waals surface area contributed by atoms with Crippen LogP contribution >= 0.6 is 0 Å². The SMILES string of the molecule is CCc1cccc(Nc2ccc3c4cnccc4n(C)c3n2)n1. The van der Waals surface area contributed by atoms with Crippen LogP contribution in [0.1, 0.15) is 12.6 Å². The standard InChI is InChI=1S/C18H17N5/c1-3-12-5-4-6-16(20-12)21-17-8-7-13-14-11-19-10-9-15(14)23(2)18(13)22-17/h4-11H,3H2,1-2H3,(H,20,21,22). The lowest BCUT2D eigenvalue weighted by molar-refractivity contribution is 0.988. The second-order valence-electron chi connectivity index (χ2n) is 5.51. The zero-order chi connectivity index (χ0) is 15.8. The summed E-state index contributed by atoms with van der Waals surface area (Å²) in [5.74, 6) is 1.61. The molecule has 0 amide bonds. The van der Waals surface area contributed by atoms with E-state index in [4.69, 9.17) is 4.98 Å². The molecular formula is C18H17N5. The zero-order valence-electron chi connectivity index (χ0n) is 13.1. The molecule has 4 heterocycles. The van der Waals surface area contributed by atoms with Crippen LogP contribution in [0.4, 0.5) is 11.6 Å². The van der Waals surface area contributed by atoms with Gasteiger partial charge in [0.15, 0.2) is 0 Å². The van der Waals surface area contributed by atoms with Crippen molar-refractivity contribution >= 4 is 33.6 Å². The van der Waals surface area contributed by atoms with Gasteiger partial charge in [-0.05, 0) is 36.8 Å². The van der Waals surface area contributed by atoms with Crippen LogP contribution in [-0.2, 0) is 13.5 Å². The van der Waals surface area contributed by atoms with Gasteiger partial charge in [-0.25, -0.2) is 9.97 Å². The summed E-state index contributed by atoms with van der Waals surface area (Å²) in [6.45, 7) is 2.10. The minimum atomic E-state index is 0.789. The highest BCUT2D eigenvalue weighted by atomic mass is 15.1. The number of pyridine rings is 3. The molecule has 5 heteroatoms. The van der Waals surface area contributed by atoms with Crippen molar-refractivity contribution in [1.29, 1.82) is 0 Å². The minimum absolute atomic E-state index is 0.789. The number of hydrogen-bond acceptors (Lipinski definition) is 4. The van der Waals surface area contributed by atoms with Crippen LogP contribution in [0.2, 0.25) is 0 Å². The Morgan fingerprint density at radius 3 is 2.74 bits per heavy atom. The molecule has 0 aliphatic carbocycles. The highest BCUT2D eigenvalue weighted by Gasteiger charge is 2.10. The molecule has 4 rings (SSSR count). The number of nitrogens with zero attached hydrogens (tertiary/aromatic N) is 4. The summed E-state index contributed by atoms with van der Waals surface area (Å²) in [5.41, 5.74) is 3.13. The maximum atomic E-state index is 4.75. The lowest BCUT2D eigenvalue weighted by atomic mass is 10.2. The Hall–Kier alpha value is -2.95. The van der Waals surface area contributed by atoms with Crippen LogP contribution in [0.25, 0.3) is 21.9 Å². The Bertz CT molecular complexity index is 1000. The van der Waals surface area contributed by atoms with Gasteiger partial charge in [0.1, 0.15) is 17.3 Å². The number of rotatable bonds is 3. The van der Waals surface area contributed by atoms with E-state index >= 15 is 0 Å². The van der Waals surface area contributed by atoms with Crippen LogP contribution in [0.15, 0.2) is 48.8 Å². The highest BCUT2D eigenvalue weighted by Crippen LogP contribution is 2.27. The smallest absolute Gasteiger partial charge is 0.143 e. The maximum Gasteiger partial charge on any atom is 0.143 e. The summed E-state index contributed by atoms with van der Waals surface area (Å²) < 4.78 is 2.09. The minimum Gasteiger partial charge on any atom is -0.328 e. The normalized spacial score (nSPS) is 11.2. The van der Waals surface area contributed by atoms with E-state index in [0.29, 0.717) is 0 Å². The lowest BCUT2D eigenvalue weighted by Crippen LogP contribution is -1.99. The highest BCUT2D eigenvalue weighted by molar-refractivity contribution is 6.06. The molecule has 5 nitrogen and oxygen atoms in total. The fraction of sp³-hybridized carbons (Fsp3) is 0.167. The van der Waals surface area contributed by atoms with Gasteiger partial charge in [0.25, 0.3) is 0 Å². The van der Waals surface area contributed by atoms with Crippen molar-refractivity contribution < 1.29 is 0 Å². The zero-order valence-corrected chi connectivity index (χ0v) is 13.1. The molecular weight excluding hydrogens is 286 g/mol. The summed E-state index contributed by atoms with van der Waals surface area (Å²) >= 11 is 0. The summed E-state index contributed by atoms with van der Waals surface area (Å²) in [6.07, 6.45) is 4.61. The first-order valence-corrected chi connectivity index (χ1v) is 7.68. The van der Waals surface area contributed by atoms with Crippen molar-refractivity contribution in [2.75, 3.05) is 5.32 Å². The molecule has 0 spiro atoms. The van der Waals surface area contributed by atoms with Crippen LogP contribution in [-0.4, -0.2) is 19.5 Å². The quantitative estimate of drug-likeness (QED) is 0.625. The molecule has 0 aromatic carbocycles. The Morgan fingerprint density at radius 1 is 1.00 bits per heavy atom. The lowest BCUT2D eigenvalue weighted by Gasteiger charge is -2.06. The van der Waals surface area contributed by atoms with Crippen molar-refractivity contribution in [1.82, 2.24) is 19.5 Å². The Balaban J connectivity index is 1.79. The van der Waals surface area contributed by atoms with Crippen LogP contribution in [0.5, 0.6) is 0 Å². The number of nitrogens with one attached hydrogen (secondary N) is 1. The number of fused-ring (bicyclic) bond motifs is 3. The first-order chi connectivity index (χ1) is 11.3. The van der Waals surface area contributed by atoms with E-state index in [9.17, 15) is 0 Å². The van der Waals surface area contributed by atoms with Crippen molar-refractivity contribution in [2.45, 2.75) is 13.3 Å². The molecule has 114 valence electrons. The van der Waals surface area contributed by atoms with E-state index < -0.39 is 0 Å². The van der Waals surface area contributed by atoms with Gasteiger partial charge in [-0.3, -0.25) is 4.98 Å². The largest absolute Gasteiger partial charge is 0.328 e. The monoisotopic (exact) mass is 303 g/mol. The van der Waals surface area contributed by atoms with E-state index in [1.165, 1.54) is 0 Å². The molecule has 0 unspecified atom stereocenters. The first kappa shape index (κ1) is 13.7. The molecule has 0 fully saturated rings. The Morgan fingerprint density at radius 2 is 1.87 bits per heavy atom. The number of aryl methyl sites for hydroxylation is 2. The van der Waals surface area contributed by atoms with Gasteiger partial charge in [-0.15, -0.1) is 0 Å². The van der Waals surface area contributed by atoms with E-state index in [1.807, 2.05) is 43.6 Å². The third kappa shape index (κ3) is 2.30. The van der Waals surface area contributed by atoms with Crippen LogP contribution in [0.3, 0.4) is 0 Å². The van der Waals surface area contributed by atoms with Gasteiger partial charge in [0.2, 0.25) is 0 Å². The number of hydrogen-bond donors (Lipinski definition) is 1. The average Bonchev–Trinajstić information content (AvgIpc) is 2.88. The van der Waals surface area contributed by atoms with Gasteiger partial charge in [-0.2, -0.15) is 0 Å². The van der Waals surface area contributed by atoms with Crippen LogP contribution < -0.4 is 5.32 Å². The fourth-order valence-electron chi connectivity index (χ4n) is 2.86. The average molecular weight is 303 g/mol. The predicted molar refractivity (Wildman–Crippen MR) is 92.9 cm³/mol. The predicted octanol–water partition coefficient (Wildman–Crippen LogP) is 3.82. The molecule has 0 atom stereocenters. The summed E-state index contributed by atoms with van der Waals surface area (Å²) in [4.78, 5) is 13.5.